The molecule has 0 saturated heterocycles. The lowest BCUT2D eigenvalue weighted by Gasteiger charge is -2.12. The average Bonchev–Trinajstić information content (AvgIpc) is 3.12. The molecule has 0 unspecified atom stereocenters. The van der Waals surface area contributed by atoms with E-state index in [0.717, 1.165) is 5.56 Å². The average molecular weight is 477 g/mol. The number of aryl methyl sites for hydroxylation is 1. The molecule has 7 nitrogen and oxygen atoms in total. The van der Waals surface area contributed by atoms with Crippen LogP contribution in [0, 0.1) is 6.92 Å². The molecule has 178 valence electrons. The molecule has 3 N–H and O–H groups in total. The zero-order valence-corrected chi connectivity index (χ0v) is 16.9. The van der Waals surface area contributed by atoms with Crippen molar-refractivity contribution in [2.75, 3.05) is 6.54 Å². The van der Waals surface area contributed by atoms with Gasteiger partial charge >= 0.3 is 18.3 Å². The number of benzene rings is 1. The monoisotopic (exact) mass is 477 g/mol. The summed E-state index contributed by atoms with van der Waals surface area (Å²) in [7, 11) is 0. The quantitative estimate of drug-likeness (QED) is 0.506. The van der Waals surface area contributed by atoms with Gasteiger partial charge in [-0.3, -0.25) is 0 Å². The molecule has 33 heavy (non-hydrogen) atoms. The van der Waals surface area contributed by atoms with E-state index >= 15 is 0 Å². The highest BCUT2D eigenvalue weighted by atomic mass is 19.4. The van der Waals surface area contributed by atoms with Crippen molar-refractivity contribution in [2.24, 2.45) is 5.73 Å². The van der Waals surface area contributed by atoms with Crippen LogP contribution in [0.4, 0.5) is 26.3 Å². The Morgan fingerprint density at radius 2 is 1.76 bits per heavy atom. The van der Waals surface area contributed by atoms with Gasteiger partial charge in [-0.15, -0.1) is 0 Å². The lowest BCUT2D eigenvalue weighted by Crippen LogP contribution is -2.21. The normalized spacial score (nSPS) is 11.5. The van der Waals surface area contributed by atoms with E-state index in [-0.39, 0.29) is 12.5 Å². The zero-order chi connectivity index (χ0) is 24.8. The van der Waals surface area contributed by atoms with Crippen LogP contribution in [0.2, 0.25) is 0 Å². The van der Waals surface area contributed by atoms with E-state index in [2.05, 4.69) is 15.9 Å². The van der Waals surface area contributed by atoms with Crippen molar-refractivity contribution in [3.8, 4) is 17.1 Å². The number of halogens is 6. The number of carbonyl (C=O) groups is 1. The third-order valence-corrected chi connectivity index (χ3v) is 4.04. The summed E-state index contributed by atoms with van der Waals surface area (Å²) in [6, 6.07) is 9.64. The second kappa shape index (κ2) is 10.3. The fraction of sp³-hybridized carbons (Fsp3) is 0.250. The Bertz CT molecular complexity index is 1080. The van der Waals surface area contributed by atoms with Crippen molar-refractivity contribution in [3.63, 3.8) is 0 Å². The number of alkyl halides is 6. The minimum atomic E-state index is -4.85. The molecule has 2 heterocycles. The van der Waals surface area contributed by atoms with Crippen LogP contribution in [0.15, 0.2) is 47.1 Å². The largest absolute Gasteiger partial charge is 0.478 e. The number of nitrogens with two attached hydrogens (primary N) is 1. The van der Waals surface area contributed by atoms with E-state index in [1.807, 2.05) is 30.3 Å². The zero-order valence-electron chi connectivity index (χ0n) is 16.9. The Kier molecular flexibility index (Phi) is 8.03. The maximum absolute atomic E-state index is 13.1. The predicted molar refractivity (Wildman–Crippen MR) is 102 cm³/mol. The third-order valence-electron chi connectivity index (χ3n) is 4.04. The first-order valence-electron chi connectivity index (χ1n) is 9.04. The summed E-state index contributed by atoms with van der Waals surface area (Å²) >= 11 is 0. The second-order valence-electron chi connectivity index (χ2n) is 6.41. The van der Waals surface area contributed by atoms with Crippen LogP contribution in [-0.2, 0) is 12.8 Å². The van der Waals surface area contributed by atoms with Gasteiger partial charge in [-0.2, -0.15) is 26.3 Å². The minimum absolute atomic E-state index is 0.143. The molecule has 3 rings (SSSR count). The number of ether oxygens (including phenoxy) is 1. The second-order valence-corrected chi connectivity index (χ2v) is 6.41. The number of nitrogens with zero attached hydrogens (tertiary/aromatic N) is 2. The molecule has 0 spiro atoms. The molecule has 0 aliphatic heterocycles. The number of carboxylic acid groups (broad SMARTS) is 1. The molecule has 0 atom stereocenters. The number of aromatic carboxylic acids is 1. The van der Waals surface area contributed by atoms with E-state index in [9.17, 15) is 31.1 Å². The lowest BCUT2D eigenvalue weighted by atomic mass is 10.1. The van der Waals surface area contributed by atoms with E-state index in [4.69, 9.17) is 14.4 Å². The molecule has 0 saturated carbocycles. The van der Waals surface area contributed by atoms with E-state index in [0.29, 0.717) is 29.3 Å². The summed E-state index contributed by atoms with van der Waals surface area (Å²) in [6.45, 7) is 0.281. The number of hydrogen-bond donors (Lipinski definition) is 2. The maximum atomic E-state index is 13.1. The smallest absolute Gasteiger partial charge is 0.417 e. The van der Waals surface area contributed by atoms with Gasteiger partial charge in [0.05, 0.1) is 23.2 Å². The molecule has 0 aliphatic carbocycles. The van der Waals surface area contributed by atoms with Crippen molar-refractivity contribution in [1.82, 2.24) is 10.1 Å². The van der Waals surface area contributed by atoms with E-state index in [1.54, 1.807) is 6.92 Å². The van der Waals surface area contributed by atoms with Gasteiger partial charge < -0.3 is 20.1 Å². The summed E-state index contributed by atoms with van der Waals surface area (Å²) in [6.07, 6.45) is -8.41. The molecule has 1 aromatic carbocycles. The van der Waals surface area contributed by atoms with Crippen molar-refractivity contribution < 1.29 is 45.5 Å². The van der Waals surface area contributed by atoms with Crippen molar-refractivity contribution >= 4 is 5.97 Å². The van der Waals surface area contributed by atoms with Crippen LogP contribution in [0.5, 0.6) is 5.88 Å². The third kappa shape index (κ3) is 7.20. The summed E-state index contributed by atoms with van der Waals surface area (Å²) in [5.41, 5.74) is 3.73. The lowest BCUT2D eigenvalue weighted by molar-refractivity contribution is -0.138. The summed E-state index contributed by atoms with van der Waals surface area (Å²) in [5.74, 6) is -1.62. The van der Waals surface area contributed by atoms with Gasteiger partial charge in [0.2, 0.25) is 5.88 Å². The Morgan fingerprint density at radius 1 is 1.15 bits per heavy atom. The van der Waals surface area contributed by atoms with E-state index in [1.165, 1.54) is 0 Å². The first kappa shape index (κ1) is 25.6. The highest BCUT2D eigenvalue weighted by molar-refractivity contribution is 5.89. The van der Waals surface area contributed by atoms with Gasteiger partial charge in [0.15, 0.2) is 0 Å². The van der Waals surface area contributed by atoms with Crippen molar-refractivity contribution in [1.29, 1.82) is 0 Å². The summed E-state index contributed by atoms with van der Waals surface area (Å²) in [4.78, 5) is 14.6. The number of pyridine rings is 1. The molecule has 13 heteroatoms. The van der Waals surface area contributed by atoms with E-state index < -0.39 is 36.0 Å². The number of carboxylic acids is 1. The standard InChI is InChI=1S/C18H13F3N2O4.C2H4F3N/c1-10-13(16(23-27-10)11-5-3-2-4-6-11)9-26-15-7-14(18(19,20)21)12(8-22-15)17(24)25;3-2(4,5)1-6/h2-8H,9H2,1H3,(H,24,25);1,6H2. The Morgan fingerprint density at radius 3 is 2.27 bits per heavy atom. The maximum Gasteiger partial charge on any atom is 0.417 e. The van der Waals surface area contributed by atoms with Gasteiger partial charge in [-0.25, -0.2) is 9.78 Å². The molecule has 0 aliphatic rings. The van der Waals surface area contributed by atoms with Crippen molar-refractivity contribution in [3.05, 3.63) is 65.0 Å². The van der Waals surface area contributed by atoms with Gasteiger partial charge in [-0.05, 0) is 6.92 Å². The van der Waals surface area contributed by atoms with Gasteiger partial charge in [0.1, 0.15) is 18.1 Å². The molecule has 0 fully saturated rings. The van der Waals surface area contributed by atoms with Crippen LogP contribution >= 0.6 is 0 Å². The Hall–Kier alpha value is -3.61. The van der Waals surface area contributed by atoms with Gasteiger partial charge in [0.25, 0.3) is 0 Å². The van der Waals surface area contributed by atoms with Gasteiger partial charge in [0, 0.05) is 17.8 Å². The van der Waals surface area contributed by atoms with Crippen LogP contribution in [0.25, 0.3) is 11.3 Å². The molecular weight excluding hydrogens is 460 g/mol. The molecule has 0 bridgehead atoms. The van der Waals surface area contributed by atoms with Crippen LogP contribution in [-0.4, -0.2) is 33.9 Å². The molecule has 0 radical (unpaired) electrons. The van der Waals surface area contributed by atoms with Gasteiger partial charge in [-0.1, -0.05) is 35.5 Å². The SMILES string of the molecule is Cc1onc(-c2ccccc2)c1COc1cc(C(F)(F)F)c(C(=O)O)cn1.NCC(F)(F)F. The topological polar surface area (TPSA) is 111 Å². The molecule has 2 aromatic heterocycles. The highest BCUT2D eigenvalue weighted by Gasteiger charge is 2.36. The predicted octanol–water partition coefficient (Wildman–Crippen LogP) is 4.85. The Labute approximate surface area is 182 Å². The highest BCUT2D eigenvalue weighted by Crippen LogP contribution is 2.34. The van der Waals surface area contributed by atoms with Crippen LogP contribution in [0.3, 0.4) is 0 Å². The minimum Gasteiger partial charge on any atom is -0.478 e. The first-order chi connectivity index (χ1) is 15.3. The summed E-state index contributed by atoms with van der Waals surface area (Å²) < 4.78 is 81.7. The van der Waals surface area contributed by atoms with Crippen LogP contribution in [0.1, 0.15) is 27.2 Å². The number of rotatable bonds is 5. The fourth-order valence-corrected chi connectivity index (χ4v) is 2.45. The number of aromatic nitrogens is 2. The molecule has 0 amide bonds. The Balaban J connectivity index is 0.000000569. The molecular formula is C20H17F6N3O4. The fourth-order valence-electron chi connectivity index (χ4n) is 2.45. The molecule has 3 aromatic rings. The van der Waals surface area contributed by atoms with Crippen LogP contribution < -0.4 is 10.5 Å². The first-order valence-corrected chi connectivity index (χ1v) is 9.04. The van der Waals surface area contributed by atoms with Crippen molar-refractivity contribution in [2.45, 2.75) is 25.9 Å². The summed E-state index contributed by atoms with van der Waals surface area (Å²) in [5, 5.41) is 12.9. The number of hydrogen-bond acceptors (Lipinski definition) is 6.